The van der Waals surface area contributed by atoms with Gasteiger partial charge in [-0.2, -0.15) is 0 Å². The Labute approximate surface area is 231 Å². The van der Waals surface area contributed by atoms with Gasteiger partial charge in [0.1, 0.15) is 0 Å². The first-order chi connectivity index (χ1) is 18.9. The molecule has 5 nitrogen and oxygen atoms in total. The summed E-state index contributed by atoms with van der Waals surface area (Å²) in [6.45, 7) is 5.63. The second-order valence-corrected chi connectivity index (χ2v) is 12.1. The van der Waals surface area contributed by atoms with Crippen LogP contribution in [0.3, 0.4) is 0 Å². The minimum Gasteiger partial charge on any atom is -0.472 e. The molecule has 1 heterocycles. The number of rotatable bonds is 9. The predicted octanol–water partition coefficient (Wildman–Crippen LogP) is 7.77. The summed E-state index contributed by atoms with van der Waals surface area (Å²) in [5, 5.41) is 0. The molecule has 0 spiro atoms. The van der Waals surface area contributed by atoms with E-state index in [0.717, 1.165) is 44.9 Å². The van der Waals surface area contributed by atoms with Gasteiger partial charge in [-0.3, -0.25) is 0 Å². The van der Waals surface area contributed by atoms with E-state index in [4.69, 9.17) is 13.9 Å². The molecule has 0 bridgehead atoms. The average Bonchev–Trinajstić information content (AvgIpc) is 3.48. The van der Waals surface area contributed by atoms with Gasteiger partial charge in [-0.15, -0.1) is 0 Å². The smallest absolute Gasteiger partial charge is 0.338 e. The molecule has 0 N–H and O–H groups in total. The molecule has 2 aliphatic rings. The van der Waals surface area contributed by atoms with Crippen molar-refractivity contribution < 1.29 is 23.5 Å². The van der Waals surface area contributed by atoms with Gasteiger partial charge in [-0.05, 0) is 97.6 Å². The first-order valence-corrected chi connectivity index (χ1v) is 14.3. The molecule has 5 rings (SSSR count). The van der Waals surface area contributed by atoms with Gasteiger partial charge in [0, 0.05) is 5.41 Å². The quantitative estimate of drug-likeness (QED) is 0.266. The van der Waals surface area contributed by atoms with Gasteiger partial charge < -0.3 is 13.9 Å². The van der Waals surface area contributed by atoms with E-state index < -0.39 is 0 Å². The molecule has 0 unspecified atom stereocenters. The van der Waals surface area contributed by atoms with Crippen LogP contribution < -0.4 is 0 Å². The van der Waals surface area contributed by atoms with E-state index in [0.29, 0.717) is 42.1 Å². The zero-order valence-corrected chi connectivity index (χ0v) is 23.1. The maximum absolute atomic E-state index is 12.8. The van der Waals surface area contributed by atoms with Crippen molar-refractivity contribution in [1.82, 2.24) is 0 Å². The Bertz CT molecular complexity index is 1220. The van der Waals surface area contributed by atoms with Gasteiger partial charge in [0.25, 0.3) is 0 Å². The highest BCUT2D eigenvalue weighted by Crippen LogP contribution is 2.62. The second kappa shape index (κ2) is 11.8. The molecular weight excluding hydrogens is 488 g/mol. The summed E-state index contributed by atoms with van der Waals surface area (Å²) in [7, 11) is 0. The number of hydrogen-bond donors (Lipinski definition) is 0. The minimum absolute atomic E-state index is 0.0674. The standard InChI is InChI=1S/C34H40O5/c1-33(24-39-32(36)27-12-7-4-8-13-27)19-9-20-34(2)29(16-14-25-18-21-37-22-25)28(15-17-30(33)34)23-38-31(35)26-10-5-3-6-11-26/h3-8,10-13,18,21-22,28-30H,9,14-17,19-20,23-24H2,1-2H3/t28-,29-,30-,33+,34+/m0/s1. The summed E-state index contributed by atoms with van der Waals surface area (Å²) in [4.78, 5) is 25.6. The van der Waals surface area contributed by atoms with Crippen LogP contribution in [0.1, 0.15) is 78.7 Å². The van der Waals surface area contributed by atoms with Gasteiger partial charge in [-0.25, -0.2) is 9.59 Å². The van der Waals surface area contributed by atoms with Crippen molar-refractivity contribution in [2.24, 2.45) is 28.6 Å². The summed E-state index contributed by atoms with van der Waals surface area (Å²) >= 11 is 0. The number of fused-ring (bicyclic) bond motifs is 1. The van der Waals surface area contributed by atoms with Crippen LogP contribution in [-0.4, -0.2) is 25.2 Å². The summed E-state index contributed by atoms with van der Waals surface area (Å²) in [6.07, 6.45) is 10.9. The van der Waals surface area contributed by atoms with Gasteiger partial charge in [0.05, 0.1) is 36.9 Å². The lowest BCUT2D eigenvalue weighted by molar-refractivity contribution is -0.130. The Hall–Kier alpha value is -3.34. The zero-order chi connectivity index (χ0) is 27.3. The van der Waals surface area contributed by atoms with Crippen LogP contribution in [-0.2, 0) is 15.9 Å². The van der Waals surface area contributed by atoms with Crippen LogP contribution in [0.2, 0.25) is 0 Å². The van der Waals surface area contributed by atoms with Gasteiger partial charge in [0.15, 0.2) is 0 Å². The van der Waals surface area contributed by atoms with Crippen molar-refractivity contribution in [2.45, 2.75) is 58.8 Å². The van der Waals surface area contributed by atoms with E-state index in [-0.39, 0.29) is 22.8 Å². The molecule has 5 atom stereocenters. The summed E-state index contributed by atoms with van der Waals surface area (Å²) < 4.78 is 17.2. The topological polar surface area (TPSA) is 65.7 Å². The number of hydrogen-bond acceptors (Lipinski definition) is 5. The first-order valence-electron chi connectivity index (χ1n) is 14.3. The maximum Gasteiger partial charge on any atom is 0.338 e. The molecule has 0 radical (unpaired) electrons. The molecule has 39 heavy (non-hydrogen) atoms. The molecule has 0 saturated heterocycles. The summed E-state index contributed by atoms with van der Waals surface area (Å²) in [6, 6.07) is 20.5. The molecule has 2 saturated carbocycles. The van der Waals surface area contributed by atoms with Crippen LogP contribution >= 0.6 is 0 Å². The van der Waals surface area contributed by atoms with Crippen molar-refractivity contribution >= 4 is 11.9 Å². The Balaban J connectivity index is 1.33. The molecule has 2 aliphatic carbocycles. The van der Waals surface area contributed by atoms with E-state index in [9.17, 15) is 9.59 Å². The molecular formula is C34H40O5. The Kier molecular flexibility index (Phi) is 8.25. The highest BCUT2D eigenvalue weighted by atomic mass is 16.5. The molecule has 1 aromatic heterocycles. The second-order valence-electron chi connectivity index (χ2n) is 12.1. The molecule has 2 aromatic carbocycles. The number of aryl methyl sites for hydroxylation is 1. The molecule has 5 heteroatoms. The van der Waals surface area contributed by atoms with Gasteiger partial charge >= 0.3 is 11.9 Å². The lowest BCUT2D eigenvalue weighted by atomic mass is 9.45. The average molecular weight is 529 g/mol. The fourth-order valence-electron chi connectivity index (χ4n) is 7.68. The summed E-state index contributed by atoms with van der Waals surface area (Å²) in [5.41, 5.74) is 2.38. The number of benzene rings is 2. The van der Waals surface area contributed by atoms with Crippen molar-refractivity contribution in [3.05, 3.63) is 95.9 Å². The highest BCUT2D eigenvalue weighted by Gasteiger charge is 2.56. The molecule has 2 fully saturated rings. The number of ether oxygens (including phenoxy) is 2. The third-order valence-electron chi connectivity index (χ3n) is 9.65. The van der Waals surface area contributed by atoms with E-state index in [2.05, 4.69) is 13.8 Å². The molecule has 0 aliphatic heterocycles. The van der Waals surface area contributed by atoms with Crippen molar-refractivity contribution in [3.63, 3.8) is 0 Å². The third-order valence-corrected chi connectivity index (χ3v) is 9.65. The van der Waals surface area contributed by atoms with Crippen LogP contribution in [0.25, 0.3) is 0 Å². The SMILES string of the molecule is C[C@]1(COC(=O)c2ccccc2)CCC[C@]2(C)[C@@H](CCc3ccoc3)[C@H](COC(=O)c3ccccc3)CC[C@@H]12. The normalized spacial score (nSPS) is 28.3. The highest BCUT2D eigenvalue weighted by molar-refractivity contribution is 5.89. The number of carbonyl (C=O) groups excluding carboxylic acids is 2. The lowest BCUT2D eigenvalue weighted by Crippen LogP contribution is -2.54. The van der Waals surface area contributed by atoms with E-state index in [1.54, 1.807) is 18.4 Å². The number of carbonyl (C=O) groups is 2. The van der Waals surface area contributed by atoms with E-state index >= 15 is 0 Å². The van der Waals surface area contributed by atoms with Crippen molar-refractivity contribution in [1.29, 1.82) is 0 Å². The monoisotopic (exact) mass is 528 g/mol. The van der Waals surface area contributed by atoms with E-state index in [1.165, 1.54) is 5.56 Å². The van der Waals surface area contributed by atoms with Gasteiger partial charge in [0.2, 0.25) is 0 Å². The Morgan fingerprint density at radius 1 is 0.872 bits per heavy atom. The molecule has 206 valence electrons. The zero-order valence-electron chi connectivity index (χ0n) is 23.1. The Morgan fingerprint density at radius 3 is 2.18 bits per heavy atom. The Morgan fingerprint density at radius 2 is 1.54 bits per heavy atom. The largest absolute Gasteiger partial charge is 0.472 e. The third kappa shape index (κ3) is 5.98. The van der Waals surface area contributed by atoms with Crippen LogP contribution in [0.5, 0.6) is 0 Å². The van der Waals surface area contributed by atoms with Gasteiger partial charge in [-0.1, -0.05) is 56.7 Å². The van der Waals surface area contributed by atoms with Crippen molar-refractivity contribution in [2.75, 3.05) is 13.2 Å². The van der Waals surface area contributed by atoms with E-state index in [1.807, 2.05) is 60.9 Å². The summed E-state index contributed by atoms with van der Waals surface area (Å²) in [5.74, 6) is 0.608. The predicted molar refractivity (Wildman–Crippen MR) is 150 cm³/mol. The first kappa shape index (κ1) is 27.2. The lowest BCUT2D eigenvalue weighted by Gasteiger charge is -2.60. The number of furan rings is 1. The minimum atomic E-state index is -0.252. The van der Waals surface area contributed by atoms with Crippen LogP contribution in [0, 0.1) is 28.6 Å². The van der Waals surface area contributed by atoms with Crippen LogP contribution in [0.15, 0.2) is 83.7 Å². The molecule has 0 amide bonds. The number of esters is 2. The fourth-order valence-corrected chi connectivity index (χ4v) is 7.68. The molecule has 3 aromatic rings. The van der Waals surface area contributed by atoms with Crippen LogP contribution in [0.4, 0.5) is 0 Å². The van der Waals surface area contributed by atoms with Crippen molar-refractivity contribution in [3.8, 4) is 0 Å². The fraction of sp³-hybridized carbons (Fsp3) is 0.471. The maximum atomic E-state index is 12.8.